The van der Waals surface area contributed by atoms with Gasteiger partial charge in [0.25, 0.3) is 5.91 Å². The van der Waals surface area contributed by atoms with Crippen LogP contribution in [0.2, 0.25) is 0 Å². The van der Waals surface area contributed by atoms with Gasteiger partial charge >= 0.3 is 0 Å². The molecule has 0 saturated carbocycles. The van der Waals surface area contributed by atoms with E-state index in [1.807, 2.05) is 24.3 Å². The number of ketones is 1. The van der Waals surface area contributed by atoms with Gasteiger partial charge in [-0.05, 0) is 67.3 Å². The summed E-state index contributed by atoms with van der Waals surface area (Å²) < 4.78 is 1.50. The van der Waals surface area contributed by atoms with E-state index in [0.29, 0.717) is 46.7 Å². The minimum Gasteiger partial charge on any atom is -0.325 e. The van der Waals surface area contributed by atoms with E-state index >= 15 is 0 Å². The Morgan fingerprint density at radius 2 is 1.82 bits per heavy atom. The Hall–Kier alpha value is -5.42. The van der Waals surface area contributed by atoms with E-state index < -0.39 is 5.92 Å². The summed E-state index contributed by atoms with van der Waals surface area (Å²) in [5, 5.41) is 9.87. The molecule has 3 aromatic carbocycles. The van der Waals surface area contributed by atoms with Crippen LogP contribution in [0.3, 0.4) is 0 Å². The summed E-state index contributed by atoms with van der Waals surface area (Å²) in [6.07, 6.45) is 3.40. The van der Waals surface area contributed by atoms with Crippen LogP contribution in [0.25, 0.3) is 0 Å². The van der Waals surface area contributed by atoms with Crippen molar-refractivity contribution >= 4 is 46.8 Å². The molecule has 224 valence electrons. The number of hydrogen-bond acceptors (Lipinski definition) is 7. The van der Waals surface area contributed by atoms with Crippen LogP contribution in [-0.2, 0) is 27.9 Å². The molecular weight excluding hydrogens is 560 g/mol. The van der Waals surface area contributed by atoms with E-state index in [1.165, 1.54) is 11.8 Å². The van der Waals surface area contributed by atoms with Crippen molar-refractivity contribution in [2.75, 3.05) is 17.7 Å². The van der Waals surface area contributed by atoms with Crippen molar-refractivity contribution in [2.45, 2.75) is 32.1 Å². The third kappa shape index (κ3) is 6.96. The topological polar surface area (TPSA) is 144 Å². The molecule has 3 amide bonds. The van der Waals surface area contributed by atoms with Gasteiger partial charge < -0.3 is 10.6 Å². The normalized spacial score (nSPS) is 13.9. The lowest BCUT2D eigenvalue weighted by atomic mass is 9.97. The van der Waals surface area contributed by atoms with E-state index in [4.69, 9.17) is 0 Å². The molecule has 1 aliphatic heterocycles. The van der Waals surface area contributed by atoms with Crippen molar-refractivity contribution in [3.63, 3.8) is 0 Å². The molecule has 0 aliphatic carbocycles. The molecule has 3 N–H and O–H groups in total. The smallest absolute Gasteiger partial charge is 0.273 e. The molecule has 0 spiro atoms. The molecule has 1 aromatic heterocycles. The number of carbonyl (C=O) groups is 4. The van der Waals surface area contributed by atoms with E-state index in [2.05, 4.69) is 31.0 Å². The Morgan fingerprint density at radius 1 is 1.05 bits per heavy atom. The number of fused-ring (bicyclic) bond motifs is 1. The van der Waals surface area contributed by atoms with Crippen molar-refractivity contribution in [2.24, 2.45) is 12.0 Å². The molecular formula is C33H32N6O5. The van der Waals surface area contributed by atoms with Crippen LogP contribution in [-0.4, -0.2) is 46.6 Å². The first-order valence-electron chi connectivity index (χ1n) is 14.1. The lowest BCUT2D eigenvalue weighted by molar-refractivity contribution is -0.131. The fraction of sp³-hybridized carbons (Fsp3) is 0.212. The number of hydrogen-bond donors (Lipinski definition) is 3. The van der Waals surface area contributed by atoms with E-state index in [0.717, 1.165) is 23.2 Å². The van der Waals surface area contributed by atoms with Crippen LogP contribution in [0, 0.1) is 6.92 Å². The van der Waals surface area contributed by atoms with Crippen LogP contribution >= 0.6 is 0 Å². The van der Waals surface area contributed by atoms with E-state index in [1.54, 1.807) is 68.7 Å². The minimum absolute atomic E-state index is 0.160. The largest absolute Gasteiger partial charge is 0.325 e. The first-order chi connectivity index (χ1) is 21.2. The lowest BCUT2D eigenvalue weighted by Crippen LogP contribution is -2.21. The summed E-state index contributed by atoms with van der Waals surface area (Å²) in [6, 6.07) is 21.1. The lowest BCUT2D eigenvalue weighted by Gasteiger charge is -2.09. The highest BCUT2D eigenvalue weighted by atomic mass is 16.6. The molecule has 44 heavy (non-hydrogen) atoms. The van der Waals surface area contributed by atoms with Crippen molar-refractivity contribution in [3.05, 3.63) is 106 Å². The fourth-order valence-corrected chi connectivity index (χ4v) is 5.03. The fourth-order valence-electron chi connectivity index (χ4n) is 5.03. The molecule has 0 fully saturated rings. The molecule has 0 radical (unpaired) electrons. The maximum atomic E-state index is 13.4. The highest BCUT2D eigenvalue weighted by Crippen LogP contribution is 2.33. The van der Waals surface area contributed by atoms with Crippen molar-refractivity contribution < 1.29 is 24.0 Å². The molecule has 0 bridgehead atoms. The zero-order valence-corrected chi connectivity index (χ0v) is 24.6. The van der Waals surface area contributed by atoms with Gasteiger partial charge in [-0.1, -0.05) is 36.4 Å². The van der Waals surface area contributed by atoms with Crippen molar-refractivity contribution in [1.29, 1.82) is 0 Å². The van der Waals surface area contributed by atoms with Crippen LogP contribution in [0.1, 0.15) is 62.0 Å². The number of aromatic nitrogens is 2. The van der Waals surface area contributed by atoms with Crippen LogP contribution in [0.15, 0.2) is 77.8 Å². The standard InChI is InChI=1S/C33H32N6O5/c1-20-16-29(39(2)37-20)33(43)35-25-8-5-7-22(17-25)31(41)23-12-15-26-27(32(42)36-28(26)18-23)19-34-24-13-10-21(11-14-24)6-4-9-30(40)38-44-3/h5,7-8,10-19,27H,4,6,9H2,1-3H3,(H,35,43)(H,36,42)(H,38,40). The second-order valence-corrected chi connectivity index (χ2v) is 10.5. The predicted molar refractivity (Wildman–Crippen MR) is 166 cm³/mol. The number of aryl methyl sites for hydroxylation is 3. The van der Waals surface area contributed by atoms with Gasteiger partial charge in [-0.25, -0.2) is 5.48 Å². The molecule has 0 saturated heterocycles. The third-order valence-corrected chi connectivity index (χ3v) is 7.20. The van der Waals surface area contributed by atoms with Gasteiger partial charge in [0, 0.05) is 42.2 Å². The zero-order chi connectivity index (χ0) is 31.2. The summed E-state index contributed by atoms with van der Waals surface area (Å²) in [5.74, 6) is -1.55. The number of anilines is 2. The summed E-state index contributed by atoms with van der Waals surface area (Å²) in [5.41, 5.74) is 7.78. The van der Waals surface area contributed by atoms with E-state index in [9.17, 15) is 19.2 Å². The number of benzene rings is 3. The maximum absolute atomic E-state index is 13.4. The van der Waals surface area contributed by atoms with Crippen molar-refractivity contribution in [1.82, 2.24) is 15.3 Å². The van der Waals surface area contributed by atoms with Gasteiger partial charge in [0.2, 0.25) is 11.8 Å². The number of carbonyl (C=O) groups excluding carboxylic acids is 4. The average Bonchev–Trinajstić information content (AvgIpc) is 3.52. The molecule has 1 atom stereocenters. The summed E-state index contributed by atoms with van der Waals surface area (Å²) in [4.78, 5) is 59.5. The molecule has 11 heteroatoms. The monoisotopic (exact) mass is 592 g/mol. The molecule has 2 heterocycles. The van der Waals surface area contributed by atoms with Crippen LogP contribution in [0.4, 0.5) is 17.1 Å². The first kappa shape index (κ1) is 30.1. The Balaban J connectivity index is 1.23. The third-order valence-electron chi connectivity index (χ3n) is 7.20. The molecule has 1 aliphatic rings. The summed E-state index contributed by atoms with van der Waals surface area (Å²) in [6.45, 7) is 1.81. The average molecular weight is 593 g/mol. The zero-order valence-electron chi connectivity index (χ0n) is 24.6. The number of nitrogens with one attached hydrogen (secondary N) is 3. The second-order valence-electron chi connectivity index (χ2n) is 10.5. The highest BCUT2D eigenvalue weighted by Gasteiger charge is 2.30. The second kappa shape index (κ2) is 13.3. The van der Waals surface area contributed by atoms with Crippen LogP contribution in [0.5, 0.6) is 0 Å². The Bertz CT molecular complexity index is 1760. The Labute approximate surface area is 254 Å². The summed E-state index contributed by atoms with van der Waals surface area (Å²) in [7, 11) is 3.10. The minimum atomic E-state index is -0.595. The van der Waals surface area contributed by atoms with Gasteiger partial charge in [0.05, 0.1) is 18.5 Å². The van der Waals surface area contributed by atoms with Gasteiger partial charge in [-0.2, -0.15) is 5.10 Å². The molecule has 11 nitrogen and oxygen atoms in total. The number of aliphatic imine (C=N–C) groups is 1. The SMILES string of the molecule is CONC(=O)CCCc1ccc(N=CC2C(=O)Nc3cc(C(=O)c4cccc(NC(=O)c5cc(C)nn5C)c4)ccc32)cc1. The highest BCUT2D eigenvalue weighted by molar-refractivity contribution is 6.15. The van der Waals surface area contributed by atoms with Crippen molar-refractivity contribution in [3.8, 4) is 0 Å². The Morgan fingerprint density at radius 3 is 2.55 bits per heavy atom. The number of nitrogens with zero attached hydrogens (tertiary/aromatic N) is 3. The van der Waals surface area contributed by atoms with Crippen LogP contribution < -0.4 is 16.1 Å². The number of rotatable bonds is 11. The van der Waals surface area contributed by atoms with Gasteiger partial charge in [-0.3, -0.25) is 33.7 Å². The molecule has 5 rings (SSSR count). The molecule has 1 unspecified atom stereocenters. The summed E-state index contributed by atoms with van der Waals surface area (Å²) >= 11 is 0. The van der Waals surface area contributed by atoms with Gasteiger partial charge in [-0.15, -0.1) is 0 Å². The maximum Gasteiger partial charge on any atom is 0.273 e. The van der Waals surface area contributed by atoms with E-state index in [-0.39, 0.29) is 23.5 Å². The predicted octanol–water partition coefficient (Wildman–Crippen LogP) is 4.65. The number of hydroxylamine groups is 1. The molecule has 4 aromatic rings. The number of amides is 3. The van der Waals surface area contributed by atoms with Gasteiger partial charge in [0.1, 0.15) is 11.6 Å². The first-order valence-corrected chi connectivity index (χ1v) is 14.1. The Kier molecular flexibility index (Phi) is 9.06. The van der Waals surface area contributed by atoms with Gasteiger partial charge in [0.15, 0.2) is 5.78 Å². The quantitative estimate of drug-likeness (QED) is 0.131.